The van der Waals surface area contributed by atoms with E-state index in [2.05, 4.69) is 10.2 Å². The summed E-state index contributed by atoms with van der Waals surface area (Å²) >= 11 is 0. The molecular weight excluding hydrogens is 378 g/mol. The van der Waals surface area contributed by atoms with Crippen molar-refractivity contribution >= 4 is 11.9 Å². The van der Waals surface area contributed by atoms with E-state index in [4.69, 9.17) is 4.74 Å². The number of carbonyl (C=O) groups excluding carboxylic acids is 2. The van der Waals surface area contributed by atoms with E-state index < -0.39 is 6.04 Å². The van der Waals surface area contributed by atoms with Crippen LogP contribution in [0.15, 0.2) is 54.6 Å². The number of hydrogen-bond acceptors (Lipinski definition) is 4. The molecule has 0 spiro atoms. The molecule has 2 heterocycles. The van der Waals surface area contributed by atoms with Gasteiger partial charge in [0.1, 0.15) is 18.4 Å². The van der Waals surface area contributed by atoms with Crippen molar-refractivity contribution in [2.75, 3.05) is 26.2 Å². The Balaban J connectivity index is 1.31. The molecule has 2 saturated heterocycles. The summed E-state index contributed by atoms with van der Waals surface area (Å²) in [5.74, 6) is 0.627. The predicted octanol–water partition coefficient (Wildman–Crippen LogP) is 3.21. The van der Waals surface area contributed by atoms with Crippen LogP contribution in [0.3, 0.4) is 0 Å². The normalized spacial score (nSPS) is 19.7. The first-order chi connectivity index (χ1) is 14.7. The number of urea groups is 1. The summed E-state index contributed by atoms with van der Waals surface area (Å²) in [4.78, 5) is 28.8. The van der Waals surface area contributed by atoms with E-state index >= 15 is 0 Å². The monoisotopic (exact) mass is 407 g/mol. The lowest BCUT2D eigenvalue weighted by Gasteiger charge is -2.27. The molecule has 2 aliphatic rings. The third-order valence-corrected chi connectivity index (χ3v) is 5.78. The van der Waals surface area contributed by atoms with Gasteiger partial charge in [-0.3, -0.25) is 9.69 Å². The highest BCUT2D eigenvalue weighted by Crippen LogP contribution is 2.19. The number of hydrogen-bond donors (Lipinski definition) is 1. The van der Waals surface area contributed by atoms with E-state index in [1.807, 2.05) is 54.6 Å². The van der Waals surface area contributed by atoms with Crippen LogP contribution in [-0.4, -0.2) is 54.0 Å². The Morgan fingerprint density at radius 2 is 1.67 bits per heavy atom. The molecule has 0 bridgehead atoms. The van der Waals surface area contributed by atoms with Crippen LogP contribution in [0.5, 0.6) is 5.75 Å². The molecule has 158 valence electrons. The summed E-state index contributed by atoms with van der Waals surface area (Å²) in [6, 6.07) is 16.9. The van der Waals surface area contributed by atoms with E-state index in [1.54, 1.807) is 0 Å². The van der Waals surface area contributed by atoms with Crippen molar-refractivity contribution in [3.8, 4) is 5.75 Å². The summed E-state index contributed by atoms with van der Waals surface area (Å²) in [7, 11) is 0. The highest BCUT2D eigenvalue weighted by Gasteiger charge is 2.37. The van der Waals surface area contributed by atoms with Crippen molar-refractivity contribution in [2.24, 2.45) is 0 Å². The number of benzene rings is 2. The number of carbonyl (C=O) groups is 2. The molecule has 3 amide bonds. The molecule has 2 aromatic rings. The first-order valence-corrected chi connectivity index (χ1v) is 10.8. The van der Waals surface area contributed by atoms with Gasteiger partial charge in [0.2, 0.25) is 0 Å². The van der Waals surface area contributed by atoms with Crippen molar-refractivity contribution < 1.29 is 14.3 Å². The van der Waals surface area contributed by atoms with Gasteiger partial charge in [0.25, 0.3) is 5.91 Å². The first-order valence-electron chi connectivity index (χ1n) is 10.8. The average Bonchev–Trinajstić information content (AvgIpc) is 3.05. The fourth-order valence-corrected chi connectivity index (χ4v) is 4.09. The van der Waals surface area contributed by atoms with Crippen LogP contribution >= 0.6 is 0 Å². The molecular formula is C24H29N3O3. The van der Waals surface area contributed by atoms with Crippen LogP contribution in [0.4, 0.5) is 4.79 Å². The van der Waals surface area contributed by atoms with E-state index in [1.165, 1.54) is 24.2 Å². The topological polar surface area (TPSA) is 61.9 Å². The van der Waals surface area contributed by atoms with Crippen molar-refractivity contribution in [3.05, 3.63) is 65.7 Å². The Morgan fingerprint density at radius 3 is 2.47 bits per heavy atom. The third-order valence-electron chi connectivity index (χ3n) is 5.78. The highest BCUT2D eigenvalue weighted by molar-refractivity contribution is 6.04. The number of imide groups is 1. The number of likely N-dealkylation sites (tertiary alicyclic amines) is 1. The van der Waals surface area contributed by atoms with Gasteiger partial charge in [0, 0.05) is 19.5 Å². The molecule has 1 N–H and O–H groups in total. The molecule has 1 atom stereocenters. The van der Waals surface area contributed by atoms with Gasteiger partial charge in [-0.1, -0.05) is 48.9 Å². The molecule has 0 aliphatic carbocycles. The summed E-state index contributed by atoms with van der Waals surface area (Å²) < 4.78 is 5.88. The van der Waals surface area contributed by atoms with Crippen LogP contribution in [0.1, 0.15) is 30.4 Å². The molecule has 0 aromatic heterocycles. The van der Waals surface area contributed by atoms with E-state index in [9.17, 15) is 9.59 Å². The van der Waals surface area contributed by atoms with Crippen molar-refractivity contribution in [2.45, 2.75) is 38.3 Å². The second-order valence-electron chi connectivity index (χ2n) is 8.02. The molecule has 6 heteroatoms. The van der Waals surface area contributed by atoms with E-state index in [0.717, 1.165) is 36.5 Å². The maximum atomic E-state index is 12.8. The maximum absolute atomic E-state index is 12.8. The molecule has 0 radical (unpaired) electrons. The highest BCUT2D eigenvalue weighted by atomic mass is 16.5. The second kappa shape index (κ2) is 9.76. The Bertz CT molecular complexity index is 865. The quantitative estimate of drug-likeness (QED) is 0.683. The lowest BCUT2D eigenvalue weighted by atomic mass is 10.1. The van der Waals surface area contributed by atoms with Crippen LogP contribution in [0.2, 0.25) is 0 Å². The van der Waals surface area contributed by atoms with Gasteiger partial charge in [-0.15, -0.1) is 0 Å². The summed E-state index contributed by atoms with van der Waals surface area (Å²) in [5.41, 5.74) is 2.07. The van der Waals surface area contributed by atoms with Crippen LogP contribution < -0.4 is 10.1 Å². The van der Waals surface area contributed by atoms with Gasteiger partial charge in [0.05, 0.1) is 0 Å². The lowest BCUT2D eigenvalue weighted by molar-refractivity contribution is -0.127. The molecule has 1 unspecified atom stereocenters. The summed E-state index contributed by atoms with van der Waals surface area (Å²) in [6.45, 7) is 3.83. The number of nitrogens with one attached hydrogen (secondary N) is 1. The van der Waals surface area contributed by atoms with Gasteiger partial charge < -0.3 is 15.0 Å². The Hall–Kier alpha value is -2.86. The number of amides is 3. The van der Waals surface area contributed by atoms with Gasteiger partial charge in [-0.25, -0.2) is 4.79 Å². The minimum absolute atomic E-state index is 0.132. The number of rotatable bonds is 8. The fourth-order valence-electron chi connectivity index (χ4n) is 4.09. The summed E-state index contributed by atoms with van der Waals surface area (Å²) in [6.07, 6.45) is 4.14. The van der Waals surface area contributed by atoms with Crippen LogP contribution in [0.25, 0.3) is 0 Å². The SMILES string of the molecule is O=C1NC(Cc2cccc(OCc3ccccc3)c2)C(=O)N1CCN1CCCCC1. The zero-order chi connectivity index (χ0) is 20.8. The van der Waals surface area contributed by atoms with Gasteiger partial charge >= 0.3 is 6.03 Å². The average molecular weight is 408 g/mol. The van der Waals surface area contributed by atoms with Gasteiger partial charge in [0.15, 0.2) is 0 Å². The standard InChI is InChI=1S/C24H29N3O3/c28-23-22(25-24(29)27(23)15-14-26-12-5-2-6-13-26)17-20-10-7-11-21(16-20)30-18-19-8-3-1-4-9-19/h1,3-4,7-11,16,22H,2,5-6,12-15,17-18H2,(H,25,29). The molecule has 30 heavy (non-hydrogen) atoms. The van der Waals surface area contributed by atoms with Crippen LogP contribution in [0, 0.1) is 0 Å². The first kappa shape index (κ1) is 20.4. The van der Waals surface area contributed by atoms with Crippen molar-refractivity contribution in [1.29, 1.82) is 0 Å². The number of nitrogens with zero attached hydrogens (tertiary/aromatic N) is 2. The predicted molar refractivity (Wildman–Crippen MR) is 115 cm³/mol. The Kier molecular flexibility index (Phi) is 6.64. The molecule has 4 rings (SSSR count). The molecule has 2 fully saturated rings. The zero-order valence-electron chi connectivity index (χ0n) is 17.3. The van der Waals surface area contributed by atoms with Crippen molar-refractivity contribution in [3.63, 3.8) is 0 Å². The number of piperidine rings is 1. The largest absolute Gasteiger partial charge is 0.489 e. The smallest absolute Gasteiger partial charge is 0.324 e. The molecule has 0 saturated carbocycles. The third kappa shape index (κ3) is 5.19. The molecule has 2 aromatic carbocycles. The fraction of sp³-hybridized carbons (Fsp3) is 0.417. The number of ether oxygens (including phenoxy) is 1. The summed E-state index contributed by atoms with van der Waals surface area (Å²) in [5, 5.41) is 2.85. The minimum atomic E-state index is -0.511. The zero-order valence-corrected chi connectivity index (χ0v) is 17.3. The molecule has 6 nitrogen and oxygen atoms in total. The minimum Gasteiger partial charge on any atom is -0.489 e. The second-order valence-corrected chi connectivity index (χ2v) is 8.02. The molecule has 2 aliphatic heterocycles. The van der Waals surface area contributed by atoms with E-state index in [0.29, 0.717) is 19.6 Å². The van der Waals surface area contributed by atoms with Crippen molar-refractivity contribution in [1.82, 2.24) is 15.1 Å². The maximum Gasteiger partial charge on any atom is 0.324 e. The Morgan fingerprint density at radius 1 is 0.900 bits per heavy atom. The van der Waals surface area contributed by atoms with Gasteiger partial charge in [-0.05, 0) is 49.2 Å². The van der Waals surface area contributed by atoms with Gasteiger partial charge in [-0.2, -0.15) is 0 Å². The van der Waals surface area contributed by atoms with E-state index in [-0.39, 0.29) is 11.9 Å². The Labute approximate surface area is 177 Å². The van der Waals surface area contributed by atoms with Crippen LogP contribution in [-0.2, 0) is 17.8 Å². The lowest BCUT2D eigenvalue weighted by Crippen LogP contribution is -2.41.